The van der Waals surface area contributed by atoms with Gasteiger partial charge in [0.15, 0.2) is 0 Å². The molecule has 1 aromatic heterocycles. The smallest absolute Gasteiger partial charge is 0.245 e. The number of tetrazole rings is 1. The van der Waals surface area contributed by atoms with Crippen molar-refractivity contribution in [2.45, 2.75) is 12.6 Å². The molecule has 21 heavy (non-hydrogen) atoms. The summed E-state index contributed by atoms with van der Waals surface area (Å²) in [4.78, 5) is 14.2. The predicted molar refractivity (Wildman–Crippen MR) is 71.5 cm³/mol. The van der Waals surface area contributed by atoms with E-state index in [4.69, 9.17) is 0 Å². The van der Waals surface area contributed by atoms with E-state index in [2.05, 4.69) is 20.8 Å². The molecule has 0 radical (unpaired) electrons. The number of aromatic nitrogens is 4. The van der Waals surface area contributed by atoms with Crippen molar-refractivity contribution in [1.82, 2.24) is 30.4 Å². The van der Waals surface area contributed by atoms with Gasteiger partial charge in [0.1, 0.15) is 18.7 Å². The molecule has 2 heterocycles. The maximum absolute atomic E-state index is 13.4. The SMILES string of the molecule is O=C(Cn1cnnn1)N1CCNCC1c1cccc(F)c1. The number of hydrogen-bond acceptors (Lipinski definition) is 5. The summed E-state index contributed by atoms with van der Waals surface area (Å²) in [5.41, 5.74) is 0.785. The van der Waals surface area contributed by atoms with Gasteiger partial charge in [0, 0.05) is 19.6 Å². The minimum atomic E-state index is -0.300. The molecule has 0 saturated carbocycles. The number of piperazine rings is 1. The molecule has 0 bridgehead atoms. The number of nitrogens with one attached hydrogen (secondary N) is 1. The van der Waals surface area contributed by atoms with Crippen LogP contribution in [-0.2, 0) is 11.3 Å². The molecule has 7 nitrogen and oxygen atoms in total. The molecular formula is C13H15FN6O. The van der Waals surface area contributed by atoms with Crippen LogP contribution in [0.4, 0.5) is 4.39 Å². The number of benzene rings is 1. The van der Waals surface area contributed by atoms with Crippen molar-refractivity contribution in [2.75, 3.05) is 19.6 Å². The molecular weight excluding hydrogens is 275 g/mol. The van der Waals surface area contributed by atoms with Crippen LogP contribution in [0, 0.1) is 5.82 Å². The fourth-order valence-electron chi connectivity index (χ4n) is 2.50. The van der Waals surface area contributed by atoms with E-state index < -0.39 is 0 Å². The summed E-state index contributed by atoms with van der Waals surface area (Å²) in [6.45, 7) is 1.97. The van der Waals surface area contributed by atoms with Crippen LogP contribution in [0.25, 0.3) is 0 Å². The molecule has 0 spiro atoms. The molecule has 2 aromatic rings. The Hall–Kier alpha value is -2.35. The fraction of sp³-hybridized carbons (Fsp3) is 0.385. The lowest BCUT2D eigenvalue weighted by Crippen LogP contribution is -2.49. The molecule has 8 heteroatoms. The van der Waals surface area contributed by atoms with Gasteiger partial charge in [-0.05, 0) is 28.1 Å². The fourth-order valence-corrected chi connectivity index (χ4v) is 2.50. The largest absolute Gasteiger partial charge is 0.331 e. The minimum Gasteiger partial charge on any atom is -0.331 e. The van der Waals surface area contributed by atoms with Crippen LogP contribution in [0.5, 0.6) is 0 Å². The van der Waals surface area contributed by atoms with Crippen molar-refractivity contribution in [1.29, 1.82) is 0 Å². The number of amides is 1. The lowest BCUT2D eigenvalue weighted by Gasteiger charge is -2.36. The van der Waals surface area contributed by atoms with Crippen molar-refractivity contribution in [3.05, 3.63) is 42.0 Å². The quantitative estimate of drug-likeness (QED) is 0.860. The number of carbonyl (C=O) groups excluding carboxylic acids is 1. The Balaban J connectivity index is 1.79. The molecule has 1 aliphatic rings. The van der Waals surface area contributed by atoms with Crippen molar-refractivity contribution in [3.8, 4) is 0 Å². The van der Waals surface area contributed by atoms with Crippen LogP contribution < -0.4 is 5.32 Å². The standard InChI is InChI=1S/C13H15FN6O/c14-11-3-1-2-10(6-11)12-7-15-4-5-20(12)13(21)8-19-9-16-17-18-19/h1-3,6,9,12,15H,4-5,7-8H2. The number of hydrogen-bond donors (Lipinski definition) is 1. The van der Waals surface area contributed by atoms with Gasteiger partial charge in [-0.15, -0.1) is 5.10 Å². The van der Waals surface area contributed by atoms with Gasteiger partial charge in [-0.2, -0.15) is 0 Å². The Labute approximate surface area is 120 Å². The van der Waals surface area contributed by atoms with Crippen LogP contribution >= 0.6 is 0 Å². The van der Waals surface area contributed by atoms with Crippen LogP contribution in [0.15, 0.2) is 30.6 Å². The van der Waals surface area contributed by atoms with E-state index in [0.717, 1.165) is 5.56 Å². The summed E-state index contributed by atoms with van der Waals surface area (Å²) in [7, 11) is 0. The Morgan fingerprint density at radius 3 is 3.14 bits per heavy atom. The van der Waals surface area contributed by atoms with E-state index in [-0.39, 0.29) is 24.3 Å². The molecule has 1 aromatic carbocycles. The number of carbonyl (C=O) groups is 1. The highest BCUT2D eigenvalue weighted by molar-refractivity contribution is 5.76. The molecule has 1 unspecified atom stereocenters. The van der Waals surface area contributed by atoms with Crippen LogP contribution in [0.3, 0.4) is 0 Å². The molecule has 3 rings (SSSR count). The molecule has 1 amide bonds. The topological polar surface area (TPSA) is 75.9 Å². The van der Waals surface area contributed by atoms with Gasteiger partial charge < -0.3 is 10.2 Å². The monoisotopic (exact) mass is 290 g/mol. The Bertz CT molecular complexity index is 617. The highest BCUT2D eigenvalue weighted by atomic mass is 19.1. The van der Waals surface area contributed by atoms with Gasteiger partial charge in [0.05, 0.1) is 6.04 Å². The zero-order chi connectivity index (χ0) is 14.7. The highest BCUT2D eigenvalue weighted by Gasteiger charge is 2.28. The van der Waals surface area contributed by atoms with Gasteiger partial charge in [-0.1, -0.05) is 12.1 Å². The Kier molecular flexibility index (Phi) is 3.87. The predicted octanol–water partition coefficient (Wildman–Crippen LogP) is -0.0147. The zero-order valence-corrected chi connectivity index (χ0v) is 11.3. The second-order valence-corrected chi connectivity index (χ2v) is 4.87. The first-order valence-corrected chi connectivity index (χ1v) is 6.70. The van der Waals surface area contributed by atoms with E-state index in [0.29, 0.717) is 19.6 Å². The number of halogens is 1. The van der Waals surface area contributed by atoms with Crippen molar-refractivity contribution >= 4 is 5.91 Å². The third-order valence-electron chi connectivity index (χ3n) is 3.49. The first-order chi connectivity index (χ1) is 10.2. The average molecular weight is 290 g/mol. The Morgan fingerprint density at radius 2 is 2.38 bits per heavy atom. The third-order valence-corrected chi connectivity index (χ3v) is 3.49. The van der Waals surface area contributed by atoms with Gasteiger partial charge >= 0.3 is 0 Å². The van der Waals surface area contributed by atoms with Gasteiger partial charge in [-0.25, -0.2) is 9.07 Å². The molecule has 0 aliphatic carbocycles. The summed E-state index contributed by atoms with van der Waals surface area (Å²) in [5.74, 6) is -0.385. The van der Waals surface area contributed by atoms with E-state index in [9.17, 15) is 9.18 Å². The van der Waals surface area contributed by atoms with Gasteiger partial charge in [0.25, 0.3) is 0 Å². The molecule has 1 fully saturated rings. The molecule has 110 valence electrons. The van der Waals surface area contributed by atoms with E-state index in [1.165, 1.54) is 23.1 Å². The van der Waals surface area contributed by atoms with Crippen LogP contribution in [-0.4, -0.2) is 50.6 Å². The third kappa shape index (κ3) is 3.05. The van der Waals surface area contributed by atoms with E-state index in [1.54, 1.807) is 11.0 Å². The van der Waals surface area contributed by atoms with Crippen molar-refractivity contribution in [3.63, 3.8) is 0 Å². The Morgan fingerprint density at radius 1 is 1.48 bits per heavy atom. The van der Waals surface area contributed by atoms with Gasteiger partial charge in [-0.3, -0.25) is 4.79 Å². The first kappa shape index (κ1) is 13.6. The summed E-state index contributed by atoms with van der Waals surface area (Å²) >= 11 is 0. The van der Waals surface area contributed by atoms with Crippen molar-refractivity contribution < 1.29 is 9.18 Å². The summed E-state index contributed by atoms with van der Waals surface area (Å²) in [6, 6.07) is 6.17. The highest BCUT2D eigenvalue weighted by Crippen LogP contribution is 2.23. The maximum atomic E-state index is 13.4. The molecule has 1 atom stereocenters. The number of rotatable bonds is 3. The van der Waals surface area contributed by atoms with E-state index in [1.807, 2.05) is 6.07 Å². The average Bonchev–Trinajstić information content (AvgIpc) is 3.00. The second-order valence-electron chi connectivity index (χ2n) is 4.87. The van der Waals surface area contributed by atoms with Crippen LogP contribution in [0.1, 0.15) is 11.6 Å². The minimum absolute atomic E-state index is 0.0822. The second kappa shape index (κ2) is 5.96. The molecule has 1 aliphatic heterocycles. The molecule has 1 N–H and O–H groups in total. The normalized spacial score (nSPS) is 18.7. The summed E-state index contributed by atoms with van der Waals surface area (Å²) < 4.78 is 14.8. The maximum Gasteiger partial charge on any atom is 0.245 e. The lowest BCUT2D eigenvalue weighted by molar-refractivity contribution is -0.135. The summed E-state index contributed by atoms with van der Waals surface area (Å²) in [5, 5.41) is 13.9. The van der Waals surface area contributed by atoms with Crippen LogP contribution in [0.2, 0.25) is 0 Å². The molecule has 1 saturated heterocycles. The van der Waals surface area contributed by atoms with Crippen molar-refractivity contribution in [2.24, 2.45) is 0 Å². The number of nitrogens with zero attached hydrogens (tertiary/aromatic N) is 5. The first-order valence-electron chi connectivity index (χ1n) is 6.70. The lowest BCUT2D eigenvalue weighted by atomic mass is 10.0. The summed E-state index contributed by atoms with van der Waals surface area (Å²) in [6.07, 6.45) is 1.40. The van der Waals surface area contributed by atoms with Gasteiger partial charge in [0.2, 0.25) is 5.91 Å². The zero-order valence-electron chi connectivity index (χ0n) is 11.3. The van der Waals surface area contributed by atoms with E-state index >= 15 is 0 Å².